The molecule has 0 radical (unpaired) electrons. The minimum atomic E-state index is -0.227. The molecule has 2 aromatic rings. The minimum absolute atomic E-state index is 0.227. The largest absolute Gasteiger partial charge is 0.383 e. The Labute approximate surface area is 166 Å². The van der Waals surface area contributed by atoms with Crippen molar-refractivity contribution in [2.75, 3.05) is 32.1 Å². The molecule has 6 nitrogen and oxygen atoms in total. The summed E-state index contributed by atoms with van der Waals surface area (Å²) < 4.78 is 4.99. The second-order valence-corrected chi connectivity index (χ2v) is 6.86. The van der Waals surface area contributed by atoms with E-state index in [2.05, 4.69) is 26.7 Å². The summed E-state index contributed by atoms with van der Waals surface area (Å²) in [6.45, 7) is 1.70. The normalized spacial score (nSPS) is 13.7. The van der Waals surface area contributed by atoms with E-state index in [1.54, 1.807) is 13.2 Å². The van der Waals surface area contributed by atoms with Crippen LogP contribution in [0.2, 0.25) is 0 Å². The van der Waals surface area contributed by atoms with Gasteiger partial charge in [0.05, 0.1) is 6.61 Å². The molecule has 3 rings (SSSR count). The molecule has 0 fully saturated rings. The first-order valence-electron chi connectivity index (χ1n) is 9.89. The van der Waals surface area contributed by atoms with Gasteiger partial charge >= 0.3 is 0 Å². The molecule has 0 spiro atoms. The number of carbonyl (C=O) groups is 1. The van der Waals surface area contributed by atoms with E-state index >= 15 is 0 Å². The van der Waals surface area contributed by atoms with Gasteiger partial charge < -0.3 is 15.4 Å². The fourth-order valence-corrected chi connectivity index (χ4v) is 3.21. The molecule has 1 aliphatic carbocycles. The van der Waals surface area contributed by atoms with E-state index in [0.29, 0.717) is 30.5 Å². The maximum absolute atomic E-state index is 12.5. The van der Waals surface area contributed by atoms with Crippen molar-refractivity contribution in [1.82, 2.24) is 15.3 Å². The Balaban J connectivity index is 1.74. The van der Waals surface area contributed by atoms with E-state index in [-0.39, 0.29) is 5.91 Å². The zero-order valence-electron chi connectivity index (χ0n) is 16.4. The first kappa shape index (κ1) is 20.0. The number of rotatable bonds is 9. The zero-order valence-corrected chi connectivity index (χ0v) is 16.4. The first-order valence-corrected chi connectivity index (χ1v) is 9.89. The van der Waals surface area contributed by atoms with Crippen LogP contribution in [0.4, 0.5) is 5.82 Å². The molecule has 1 heterocycles. The van der Waals surface area contributed by atoms with Crippen molar-refractivity contribution in [2.45, 2.75) is 32.1 Å². The lowest BCUT2D eigenvalue weighted by Gasteiger charge is -2.14. The Bertz CT molecular complexity index is 805. The minimum Gasteiger partial charge on any atom is -0.383 e. The second-order valence-electron chi connectivity index (χ2n) is 6.86. The molecule has 6 heteroatoms. The van der Waals surface area contributed by atoms with Gasteiger partial charge in [0, 0.05) is 31.8 Å². The molecule has 0 aliphatic heterocycles. The Morgan fingerprint density at radius 2 is 2.00 bits per heavy atom. The zero-order chi connectivity index (χ0) is 19.6. The number of hydrogen-bond donors (Lipinski definition) is 2. The number of anilines is 1. The third-order valence-corrected chi connectivity index (χ3v) is 4.72. The van der Waals surface area contributed by atoms with Crippen LogP contribution in [-0.2, 0) is 4.74 Å². The predicted octanol–water partition coefficient (Wildman–Crippen LogP) is 3.82. The van der Waals surface area contributed by atoms with Crippen molar-refractivity contribution in [2.24, 2.45) is 0 Å². The number of carbonyl (C=O) groups excluding carboxylic acids is 1. The summed E-state index contributed by atoms with van der Waals surface area (Å²) in [7, 11) is 1.61. The maximum Gasteiger partial charge on any atom is 0.270 e. The lowest BCUT2D eigenvalue weighted by atomic mass is 9.97. The molecular weight excluding hydrogens is 352 g/mol. The van der Waals surface area contributed by atoms with Gasteiger partial charge in [-0.15, -0.1) is 0 Å². The molecular formula is C22H28N4O2. The second kappa shape index (κ2) is 10.6. The topological polar surface area (TPSA) is 76.1 Å². The van der Waals surface area contributed by atoms with Crippen molar-refractivity contribution in [3.63, 3.8) is 0 Å². The van der Waals surface area contributed by atoms with Crippen molar-refractivity contribution in [3.05, 3.63) is 53.7 Å². The summed E-state index contributed by atoms with van der Waals surface area (Å²) in [5.41, 5.74) is 2.74. The van der Waals surface area contributed by atoms with Crippen LogP contribution in [0.15, 0.2) is 48.0 Å². The van der Waals surface area contributed by atoms with E-state index in [1.165, 1.54) is 31.3 Å². The summed E-state index contributed by atoms with van der Waals surface area (Å²) in [5.74, 6) is 0.983. The summed E-state index contributed by atoms with van der Waals surface area (Å²) in [5, 5.41) is 6.19. The SMILES string of the molecule is COCCNC(=O)c1cc(NCCC2=CCCCC2)nc(-c2ccccc2)n1. The number of nitrogens with zero attached hydrogens (tertiary/aromatic N) is 2. The number of hydrogen-bond acceptors (Lipinski definition) is 5. The van der Waals surface area contributed by atoms with E-state index in [1.807, 2.05) is 30.3 Å². The Morgan fingerprint density at radius 3 is 2.75 bits per heavy atom. The molecule has 1 aliphatic rings. The monoisotopic (exact) mass is 380 g/mol. The van der Waals surface area contributed by atoms with Gasteiger partial charge in [-0.25, -0.2) is 9.97 Å². The molecule has 1 amide bonds. The van der Waals surface area contributed by atoms with E-state index < -0.39 is 0 Å². The number of allylic oxidation sites excluding steroid dienone is 1. The maximum atomic E-state index is 12.5. The van der Waals surface area contributed by atoms with Gasteiger partial charge in [-0.3, -0.25) is 4.79 Å². The molecule has 28 heavy (non-hydrogen) atoms. The van der Waals surface area contributed by atoms with E-state index in [0.717, 1.165) is 18.5 Å². The summed E-state index contributed by atoms with van der Waals surface area (Å²) in [6, 6.07) is 11.4. The Morgan fingerprint density at radius 1 is 1.14 bits per heavy atom. The van der Waals surface area contributed by atoms with Crippen LogP contribution < -0.4 is 10.6 Å². The van der Waals surface area contributed by atoms with Crippen LogP contribution in [0.5, 0.6) is 0 Å². The Kier molecular flexibility index (Phi) is 7.55. The van der Waals surface area contributed by atoms with E-state index in [9.17, 15) is 4.79 Å². The fraction of sp³-hybridized carbons (Fsp3) is 0.409. The highest BCUT2D eigenvalue weighted by Gasteiger charge is 2.13. The molecule has 0 saturated carbocycles. The van der Waals surface area contributed by atoms with Crippen molar-refractivity contribution < 1.29 is 9.53 Å². The highest BCUT2D eigenvalue weighted by Crippen LogP contribution is 2.21. The van der Waals surface area contributed by atoms with Crippen molar-refractivity contribution in [3.8, 4) is 11.4 Å². The lowest BCUT2D eigenvalue weighted by Crippen LogP contribution is -2.28. The fourth-order valence-electron chi connectivity index (χ4n) is 3.21. The highest BCUT2D eigenvalue weighted by atomic mass is 16.5. The van der Waals surface area contributed by atoms with Crippen LogP contribution in [0, 0.1) is 0 Å². The molecule has 0 atom stereocenters. The average Bonchev–Trinajstić information content (AvgIpc) is 2.75. The molecule has 148 valence electrons. The van der Waals surface area contributed by atoms with Crippen molar-refractivity contribution in [1.29, 1.82) is 0 Å². The van der Waals surface area contributed by atoms with Gasteiger partial charge in [-0.05, 0) is 32.1 Å². The summed E-state index contributed by atoms with van der Waals surface area (Å²) in [4.78, 5) is 21.6. The quantitative estimate of drug-likeness (QED) is 0.511. The molecule has 0 bridgehead atoms. The third kappa shape index (κ3) is 5.89. The van der Waals surface area contributed by atoms with Crippen LogP contribution in [0.3, 0.4) is 0 Å². The van der Waals surface area contributed by atoms with Gasteiger partial charge in [0.1, 0.15) is 11.5 Å². The molecule has 2 N–H and O–H groups in total. The number of methoxy groups -OCH3 is 1. The summed E-state index contributed by atoms with van der Waals surface area (Å²) in [6.07, 6.45) is 8.31. The highest BCUT2D eigenvalue weighted by molar-refractivity contribution is 5.93. The van der Waals surface area contributed by atoms with Gasteiger partial charge in [0.15, 0.2) is 5.82 Å². The number of benzene rings is 1. The Hall–Kier alpha value is -2.73. The standard InChI is InChI=1S/C22H28N4O2/c1-28-15-14-24-22(27)19-16-20(23-13-12-17-8-4-2-5-9-17)26-21(25-19)18-10-6-3-7-11-18/h3,6-8,10-11,16H,2,4-5,9,12-15H2,1H3,(H,24,27)(H,23,25,26). The smallest absolute Gasteiger partial charge is 0.270 e. The number of ether oxygens (including phenoxy) is 1. The lowest BCUT2D eigenvalue weighted by molar-refractivity contribution is 0.0932. The molecule has 1 aromatic heterocycles. The number of amides is 1. The van der Waals surface area contributed by atoms with Crippen LogP contribution >= 0.6 is 0 Å². The van der Waals surface area contributed by atoms with Crippen LogP contribution in [0.1, 0.15) is 42.6 Å². The predicted molar refractivity (Wildman–Crippen MR) is 111 cm³/mol. The van der Waals surface area contributed by atoms with Crippen LogP contribution in [-0.4, -0.2) is 42.7 Å². The number of aromatic nitrogens is 2. The molecule has 0 saturated heterocycles. The third-order valence-electron chi connectivity index (χ3n) is 4.72. The average molecular weight is 380 g/mol. The van der Waals surface area contributed by atoms with Gasteiger partial charge in [0.25, 0.3) is 5.91 Å². The molecule has 1 aromatic carbocycles. The molecule has 0 unspecified atom stereocenters. The van der Waals surface area contributed by atoms with Gasteiger partial charge in [0.2, 0.25) is 0 Å². The van der Waals surface area contributed by atoms with E-state index in [4.69, 9.17) is 4.74 Å². The van der Waals surface area contributed by atoms with Gasteiger partial charge in [-0.2, -0.15) is 0 Å². The first-order chi connectivity index (χ1) is 13.8. The van der Waals surface area contributed by atoms with Gasteiger partial charge in [-0.1, -0.05) is 42.0 Å². The van der Waals surface area contributed by atoms with Crippen LogP contribution in [0.25, 0.3) is 11.4 Å². The summed E-state index contributed by atoms with van der Waals surface area (Å²) >= 11 is 0. The number of nitrogens with one attached hydrogen (secondary N) is 2. The van der Waals surface area contributed by atoms with Crippen molar-refractivity contribution >= 4 is 11.7 Å².